The molecule has 1 atom stereocenters. The minimum absolute atomic E-state index is 0.282. The molecule has 0 bridgehead atoms. The number of ether oxygens (including phenoxy) is 5. The number of hydrogen-bond acceptors (Lipinski definition) is 7. The van der Waals surface area contributed by atoms with Gasteiger partial charge in [-0.3, -0.25) is 4.79 Å². The van der Waals surface area contributed by atoms with Gasteiger partial charge in [-0.2, -0.15) is 0 Å². The molecule has 1 aliphatic rings. The summed E-state index contributed by atoms with van der Waals surface area (Å²) in [5.41, 5.74) is 1.03. The molecule has 1 aliphatic heterocycles. The van der Waals surface area contributed by atoms with Crippen LogP contribution in [0.4, 0.5) is 0 Å². The van der Waals surface area contributed by atoms with Crippen LogP contribution in [0.25, 0.3) is 0 Å². The normalized spacial score (nSPS) is 13.2. The molecule has 1 N–H and O–H groups in total. The van der Waals surface area contributed by atoms with E-state index in [2.05, 4.69) is 5.32 Å². The maximum absolute atomic E-state index is 12.2. The van der Waals surface area contributed by atoms with Crippen LogP contribution in [0.1, 0.15) is 28.9 Å². The van der Waals surface area contributed by atoms with E-state index in [1.165, 1.54) is 0 Å². The van der Waals surface area contributed by atoms with E-state index in [0.29, 0.717) is 36.2 Å². The molecule has 0 fully saturated rings. The standard InChI is InChI=1S/C21H23NO7/c1-13(16-11-15(25-2)5-7-17(16)26-3)22-20(23)12-29-21(24)14-4-6-18-19(10-14)28-9-8-27-18/h4-7,10-11,13H,8-9,12H2,1-3H3,(H,22,23). The van der Waals surface area contributed by atoms with E-state index in [-0.39, 0.29) is 11.6 Å². The summed E-state index contributed by atoms with van der Waals surface area (Å²) >= 11 is 0. The van der Waals surface area contributed by atoms with Crippen LogP contribution in [-0.4, -0.2) is 45.9 Å². The van der Waals surface area contributed by atoms with Crippen LogP contribution in [0.15, 0.2) is 36.4 Å². The number of nitrogens with one attached hydrogen (secondary N) is 1. The van der Waals surface area contributed by atoms with Crippen molar-refractivity contribution in [1.29, 1.82) is 0 Å². The molecule has 2 aromatic rings. The van der Waals surface area contributed by atoms with E-state index in [0.717, 1.165) is 5.56 Å². The summed E-state index contributed by atoms with van der Waals surface area (Å²) in [5, 5.41) is 2.78. The Kier molecular flexibility index (Phi) is 6.43. The molecule has 0 spiro atoms. The van der Waals surface area contributed by atoms with Crippen LogP contribution >= 0.6 is 0 Å². The lowest BCUT2D eigenvalue weighted by atomic mass is 10.1. The van der Waals surface area contributed by atoms with Crippen LogP contribution in [0.5, 0.6) is 23.0 Å². The van der Waals surface area contributed by atoms with Crippen molar-refractivity contribution in [2.24, 2.45) is 0 Å². The van der Waals surface area contributed by atoms with Crippen LogP contribution in [0.2, 0.25) is 0 Å². The van der Waals surface area contributed by atoms with Gasteiger partial charge in [0.15, 0.2) is 18.1 Å². The summed E-state index contributed by atoms with van der Waals surface area (Å²) in [5.74, 6) is 1.26. The fraction of sp³-hybridized carbons (Fsp3) is 0.333. The van der Waals surface area contributed by atoms with Crippen molar-refractivity contribution in [2.75, 3.05) is 34.0 Å². The van der Waals surface area contributed by atoms with E-state index in [4.69, 9.17) is 23.7 Å². The number of carbonyl (C=O) groups excluding carboxylic acids is 2. The lowest BCUT2D eigenvalue weighted by molar-refractivity contribution is -0.124. The second-order valence-corrected chi connectivity index (χ2v) is 6.33. The molecule has 0 saturated carbocycles. The van der Waals surface area contributed by atoms with Crippen molar-refractivity contribution in [3.8, 4) is 23.0 Å². The largest absolute Gasteiger partial charge is 0.497 e. The molecular formula is C21H23NO7. The number of esters is 1. The smallest absolute Gasteiger partial charge is 0.338 e. The second kappa shape index (κ2) is 9.18. The third kappa shape index (κ3) is 4.90. The lowest BCUT2D eigenvalue weighted by Crippen LogP contribution is -2.31. The number of methoxy groups -OCH3 is 2. The molecule has 1 heterocycles. The summed E-state index contributed by atoms with van der Waals surface area (Å²) in [6.45, 7) is 2.27. The molecule has 8 nitrogen and oxygen atoms in total. The molecule has 0 aromatic heterocycles. The SMILES string of the molecule is COc1ccc(OC)c(C(C)NC(=O)COC(=O)c2ccc3c(c2)OCCO3)c1. The predicted octanol–water partition coefficient (Wildman–Crippen LogP) is 2.51. The first-order valence-electron chi connectivity index (χ1n) is 9.10. The average molecular weight is 401 g/mol. The zero-order valence-electron chi connectivity index (χ0n) is 16.5. The Labute approximate surface area is 168 Å². The molecule has 29 heavy (non-hydrogen) atoms. The molecule has 1 unspecified atom stereocenters. The second-order valence-electron chi connectivity index (χ2n) is 6.33. The number of carbonyl (C=O) groups is 2. The Bertz CT molecular complexity index is 897. The highest BCUT2D eigenvalue weighted by Gasteiger charge is 2.19. The first kappa shape index (κ1) is 20.3. The summed E-state index contributed by atoms with van der Waals surface area (Å²) in [6, 6.07) is 9.69. The van der Waals surface area contributed by atoms with E-state index >= 15 is 0 Å². The van der Waals surface area contributed by atoms with Crippen molar-refractivity contribution in [3.63, 3.8) is 0 Å². The van der Waals surface area contributed by atoms with Gasteiger partial charge in [0.2, 0.25) is 0 Å². The van der Waals surface area contributed by atoms with Gasteiger partial charge in [0.1, 0.15) is 24.7 Å². The Balaban J connectivity index is 1.57. The highest BCUT2D eigenvalue weighted by molar-refractivity contribution is 5.92. The minimum Gasteiger partial charge on any atom is -0.497 e. The number of amides is 1. The number of benzene rings is 2. The Hall–Kier alpha value is -3.42. The quantitative estimate of drug-likeness (QED) is 0.713. The van der Waals surface area contributed by atoms with Gasteiger partial charge in [-0.05, 0) is 43.3 Å². The van der Waals surface area contributed by atoms with Gasteiger partial charge in [-0.1, -0.05) is 0 Å². The van der Waals surface area contributed by atoms with Crippen molar-refractivity contribution in [3.05, 3.63) is 47.5 Å². The molecule has 0 radical (unpaired) electrons. The fourth-order valence-corrected chi connectivity index (χ4v) is 2.92. The van der Waals surface area contributed by atoms with Crippen molar-refractivity contribution < 1.29 is 33.3 Å². The summed E-state index contributed by atoms with van der Waals surface area (Å²) in [6.07, 6.45) is 0. The summed E-state index contributed by atoms with van der Waals surface area (Å²) in [4.78, 5) is 24.5. The van der Waals surface area contributed by atoms with Gasteiger partial charge in [-0.25, -0.2) is 4.79 Å². The number of hydrogen-bond donors (Lipinski definition) is 1. The van der Waals surface area contributed by atoms with Crippen LogP contribution < -0.4 is 24.3 Å². The first-order valence-corrected chi connectivity index (χ1v) is 9.10. The van der Waals surface area contributed by atoms with Crippen molar-refractivity contribution >= 4 is 11.9 Å². The van der Waals surface area contributed by atoms with Gasteiger partial charge in [-0.15, -0.1) is 0 Å². The van der Waals surface area contributed by atoms with Crippen LogP contribution in [0, 0.1) is 0 Å². The Morgan fingerprint density at radius 3 is 2.52 bits per heavy atom. The number of fused-ring (bicyclic) bond motifs is 1. The highest BCUT2D eigenvalue weighted by atomic mass is 16.6. The fourth-order valence-electron chi connectivity index (χ4n) is 2.92. The van der Waals surface area contributed by atoms with Gasteiger partial charge >= 0.3 is 5.97 Å². The maximum atomic E-state index is 12.2. The lowest BCUT2D eigenvalue weighted by Gasteiger charge is -2.19. The van der Waals surface area contributed by atoms with Crippen LogP contribution in [0.3, 0.4) is 0 Å². The molecule has 8 heteroatoms. The predicted molar refractivity (Wildman–Crippen MR) is 104 cm³/mol. The first-order chi connectivity index (χ1) is 14.0. The van der Waals surface area contributed by atoms with Gasteiger partial charge in [0.25, 0.3) is 5.91 Å². The summed E-state index contributed by atoms with van der Waals surface area (Å²) in [7, 11) is 3.11. The van der Waals surface area contributed by atoms with Gasteiger partial charge in [0.05, 0.1) is 25.8 Å². The van der Waals surface area contributed by atoms with Crippen molar-refractivity contribution in [1.82, 2.24) is 5.32 Å². The van der Waals surface area contributed by atoms with Gasteiger partial charge in [0, 0.05) is 5.56 Å². The molecule has 154 valence electrons. The zero-order chi connectivity index (χ0) is 20.8. The van der Waals surface area contributed by atoms with Gasteiger partial charge < -0.3 is 29.0 Å². The number of rotatable bonds is 7. The minimum atomic E-state index is -0.622. The molecule has 1 amide bonds. The average Bonchev–Trinajstić information content (AvgIpc) is 2.76. The van der Waals surface area contributed by atoms with E-state index in [1.54, 1.807) is 57.5 Å². The van der Waals surface area contributed by atoms with Crippen LogP contribution in [-0.2, 0) is 9.53 Å². The topological polar surface area (TPSA) is 92.3 Å². The zero-order valence-corrected chi connectivity index (χ0v) is 16.5. The molecule has 0 aliphatic carbocycles. The Morgan fingerprint density at radius 1 is 1.03 bits per heavy atom. The Morgan fingerprint density at radius 2 is 1.79 bits per heavy atom. The monoisotopic (exact) mass is 401 g/mol. The summed E-state index contributed by atoms with van der Waals surface area (Å²) < 4.78 is 26.5. The molecular weight excluding hydrogens is 378 g/mol. The highest BCUT2D eigenvalue weighted by Crippen LogP contribution is 2.31. The molecule has 3 rings (SSSR count). The van der Waals surface area contributed by atoms with Crippen molar-refractivity contribution in [2.45, 2.75) is 13.0 Å². The molecule has 2 aromatic carbocycles. The van der Waals surface area contributed by atoms with E-state index in [1.807, 2.05) is 0 Å². The third-order valence-corrected chi connectivity index (χ3v) is 4.39. The van der Waals surface area contributed by atoms with E-state index in [9.17, 15) is 9.59 Å². The maximum Gasteiger partial charge on any atom is 0.338 e. The van der Waals surface area contributed by atoms with E-state index < -0.39 is 18.5 Å². The third-order valence-electron chi connectivity index (χ3n) is 4.39. The molecule has 0 saturated heterocycles.